The number of carbonyl (C=O) groups is 1. The Morgan fingerprint density at radius 3 is 2.77 bits per heavy atom. The second-order valence-electron chi connectivity index (χ2n) is 6.92. The van der Waals surface area contributed by atoms with Crippen LogP contribution in [-0.2, 0) is 0 Å². The number of nitrogens with zero attached hydrogens (tertiary/aromatic N) is 3. The summed E-state index contributed by atoms with van der Waals surface area (Å²) in [5, 5.41) is 5.89. The van der Waals surface area contributed by atoms with Crippen molar-refractivity contribution in [3.8, 4) is 22.9 Å². The van der Waals surface area contributed by atoms with Gasteiger partial charge in [-0.1, -0.05) is 25.8 Å². The molecule has 30 heavy (non-hydrogen) atoms. The summed E-state index contributed by atoms with van der Waals surface area (Å²) >= 11 is 0. The highest BCUT2D eigenvalue weighted by molar-refractivity contribution is 5.94. The molecule has 3 aromatic rings. The molecule has 2 aromatic heterocycles. The van der Waals surface area contributed by atoms with Gasteiger partial charge in [0.1, 0.15) is 5.75 Å². The number of pyridine rings is 1. The molecule has 2 heterocycles. The first-order valence-electron chi connectivity index (χ1n) is 10.1. The smallest absolute Gasteiger partial charge is 0.251 e. The Bertz CT molecular complexity index is 1010. The maximum Gasteiger partial charge on any atom is 0.251 e. The van der Waals surface area contributed by atoms with Gasteiger partial charge in [-0.25, -0.2) is 15.0 Å². The lowest BCUT2D eigenvalue weighted by atomic mass is 10.1. The van der Waals surface area contributed by atoms with E-state index in [0.29, 0.717) is 35.4 Å². The van der Waals surface area contributed by atoms with Crippen LogP contribution >= 0.6 is 0 Å². The van der Waals surface area contributed by atoms with Crippen LogP contribution in [0.4, 0.5) is 5.95 Å². The molecule has 2 N–H and O–H groups in total. The average molecular weight is 406 g/mol. The fourth-order valence-electron chi connectivity index (χ4n) is 2.93. The van der Waals surface area contributed by atoms with Crippen LogP contribution in [0.3, 0.4) is 0 Å². The number of hydrogen-bond acceptors (Lipinski definition) is 6. The summed E-state index contributed by atoms with van der Waals surface area (Å²) in [6, 6.07) is 11.0. The van der Waals surface area contributed by atoms with Crippen molar-refractivity contribution in [3.63, 3.8) is 0 Å². The summed E-state index contributed by atoms with van der Waals surface area (Å²) in [6.07, 6.45) is 6.54. The van der Waals surface area contributed by atoms with Gasteiger partial charge in [0.2, 0.25) is 11.8 Å². The van der Waals surface area contributed by atoms with Gasteiger partial charge >= 0.3 is 0 Å². The number of aryl methyl sites for hydroxylation is 1. The zero-order chi connectivity index (χ0) is 21.3. The molecule has 7 nitrogen and oxygen atoms in total. The first kappa shape index (κ1) is 21.2. The lowest BCUT2D eigenvalue weighted by Gasteiger charge is -2.13. The highest BCUT2D eigenvalue weighted by atomic mass is 16.5. The summed E-state index contributed by atoms with van der Waals surface area (Å²) in [5.74, 6) is 1.41. The molecule has 0 fully saturated rings. The molecule has 7 heteroatoms. The number of rotatable bonds is 9. The van der Waals surface area contributed by atoms with Gasteiger partial charge in [0.15, 0.2) is 0 Å². The molecule has 156 valence electrons. The molecular formula is C23H27N5O2. The monoisotopic (exact) mass is 405 g/mol. The van der Waals surface area contributed by atoms with Crippen molar-refractivity contribution in [2.45, 2.75) is 33.1 Å². The van der Waals surface area contributed by atoms with E-state index in [1.807, 2.05) is 25.1 Å². The lowest BCUT2D eigenvalue weighted by molar-refractivity contribution is 0.0952. The number of hydrogen-bond donors (Lipinski definition) is 2. The second-order valence-corrected chi connectivity index (χ2v) is 6.92. The van der Waals surface area contributed by atoms with Crippen LogP contribution in [0.25, 0.3) is 11.3 Å². The summed E-state index contributed by atoms with van der Waals surface area (Å²) in [5.41, 5.74) is 2.90. The van der Waals surface area contributed by atoms with E-state index in [0.717, 1.165) is 30.4 Å². The van der Waals surface area contributed by atoms with Crippen molar-refractivity contribution in [3.05, 3.63) is 59.9 Å². The minimum atomic E-state index is -0.105. The lowest BCUT2D eigenvalue weighted by Crippen LogP contribution is -2.24. The van der Waals surface area contributed by atoms with Crippen LogP contribution in [0.2, 0.25) is 0 Å². The molecule has 3 rings (SSSR count). The van der Waals surface area contributed by atoms with Crippen molar-refractivity contribution < 1.29 is 9.53 Å². The van der Waals surface area contributed by atoms with Crippen LogP contribution in [-0.4, -0.2) is 34.5 Å². The Kier molecular flexibility index (Phi) is 7.32. The Balaban J connectivity index is 1.84. The van der Waals surface area contributed by atoms with E-state index in [1.54, 1.807) is 37.6 Å². The molecule has 0 aliphatic carbocycles. The quantitative estimate of drug-likeness (QED) is 0.506. The fraction of sp³-hybridized carbons (Fsp3) is 0.304. The van der Waals surface area contributed by atoms with Crippen LogP contribution in [0.15, 0.2) is 48.8 Å². The molecule has 0 saturated heterocycles. The van der Waals surface area contributed by atoms with Gasteiger partial charge in [-0.3, -0.25) is 4.79 Å². The Hall–Kier alpha value is -3.48. The summed E-state index contributed by atoms with van der Waals surface area (Å²) < 4.78 is 6.13. The molecule has 0 spiro atoms. The van der Waals surface area contributed by atoms with Crippen molar-refractivity contribution in [1.82, 2.24) is 20.3 Å². The predicted octanol–water partition coefficient (Wildman–Crippen LogP) is 4.60. The zero-order valence-corrected chi connectivity index (χ0v) is 17.6. The van der Waals surface area contributed by atoms with E-state index in [9.17, 15) is 4.79 Å². The standard InChI is InChI=1S/C23H27N5O2/c1-4-5-6-12-25-21(29)17-10-9-16(2)20(15-17)30-22-18(8-7-13-26-22)19-11-14-27-23(24-3)28-19/h7-11,13-15H,4-6,12H2,1-3H3,(H,25,29)(H,24,27,28). The number of unbranched alkanes of at least 4 members (excludes halogenated alkanes) is 2. The van der Waals surface area contributed by atoms with Gasteiger partial charge in [-0.15, -0.1) is 0 Å². The summed E-state index contributed by atoms with van der Waals surface area (Å²) in [4.78, 5) is 25.5. The van der Waals surface area contributed by atoms with Gasteiger partial charge in [0, 0.05) is 31.5 Å². The van der Waals surface area contributed by atoms with Crippen LogP contribution in [0.1, 0.15) is 42.1 Å². The van der Waals surface area contributed by atoms with E-state index >= 15 is 0 Å². The first-order valence-corrected chi connectivity index (χ1v) is 10.1. The highest BCUT2D eigenvalue weighted by Crippen LogP contribution is 2.32. The molecule has 0 atom stereocenters. The van der Waals surface area contributed by atoms with Crippen LogP contribution < -0.4 is 15.4 Å². The van der Waals surface area contributed by atoms with Gasteiger partial charge in [-0.05, 0) is 49.2 Å². The van der Waals surface area contributed by atoms with Crippen molar-refractivity contribution in [2.75, 3.05) is 18.9 Å². The Morgan fingerprint density at radius 1 is 1.10 bits per heavy atom. The molecule has 0 aliphatic heterocycles. The second kappa shape index (κ2) is 10.3. The average Bonchev–Trinajstić information content (AvgIpc) is 2.78. The number of benzene rings is 1. The number of amides is 1. The predicted molar refractivity (Wildman–Crippen MR) is 118 cm³/mol. The minimum Gasteiger partial charge on any atom is -0.438 e. The number of aromatic nitrogens is 3. The van der Waals surface area contributed by atoms with E-state index < -0.39 is 0 Å². The van der Waals surface area contributed by atoms with Gasteiger partial charge in [0.05, 0.1) is 11.3 Å². The first-order chi connectivity index (χ1) is 14.6. The van der Waals surface area contributed by atoms with Gasteiger partial charge in [-0.2, -0.15) is 0 Å². The number of nitrogens with one attached hydrogen (secondary N) is 2. The number of ether oxygens (including phenoxy) is 1. The largest absolute Gasteiger partial charge is 0.438 e. The summed E-state index contributed by atoms with van der Waals surface area (Å²) in [7, 11) is 1.77. The topological polar surface area (TPSA) is 89.0 Å². The van der Waals surface area contributed by atoms with Gasteiger partial charge in [0.25, 0.3) is 5.91 Å². The molecule has 0 aliphatic rings. The molecule has 1 aromatic carbocycles. The summed E-state index contributed by atoms with van der Waals surface area (Å²) in [6.45, 7) is 4.74. The number of anilines is 1. The zero-order valence-electron chi connectivity index (χ0n) is 17.6. The van der Waals surface area contributed by atoms with E-state index in [1.165, 1.54) is 0 Å². The third-order valence-electron chi connectivity index (χ3n) is 4.65. The molecular weight excluding hydrogens is 378 g/mol. The van der Waals surface area contributed by atoms with Crippen LogP contribution in [0, 0.1) is 6.92 Å². The van der Waals surface area contributed by atoms with Crippen molar-refractivity contribution >= 4 is 11.9 Å². The highest BCUT2D eigenvalue weighted by Gasteiger charge is 2.14. The molecule has 1 amide bonds. The Labute approximate surface area is 176 Å². The van der Waals surface area contributed by atoms with Crippen molar-refractivity contribution in [2.24, 2.45) is 0 Å². The molecule has 0 saturated carbocycles. The number of carbonyl (C=O) groups excluding carboxylic acids is 1. The maximum atomic E-state index is 12.5. The third kappa shape index (κ3) is 5.31. The van der Waals surface area contributed by atoms with E-state index in [4.69, 9.17) is 4.74 Å². The molecule has 0 unspecified atom stereocenters. The van der Waals surface area contributed by atoms with E-state index in [-0.39, 0.29) is 5.91 Å². The maximum absolute atomic E-state index is 12.5. The fourth-order valence-corrected chi connectivity index (χ4v) is 2.93. The van der Waals surface area contributed by atoms with Crippen molar-refractivity contribution in [1.29, 1.82) is 0 Å². The SMILES string of the molecule is CCCCCNC(=O)c1ccc(C)c(Oc2ncccc2-c2ccnc(NC)n2)c1. The molecule has 0 bridgehead atoms. The molecule has 0 radical (unpaired) electrons. The third-order valence-corrected chi connectivity index (χ3v) is 4.65. The Morgan fingerprint density at radius 2 is 1.97 bits per heavy atom. The normalized spacial score (nSPS) is 10.5. The van der Waals surface area contributed by atoms with E-state index in [2.05, 4.69) is 32.5 Å². The van der Waals surface area contributed by atoms with Crippen LogP contribution in [0.5, 0.6) is 11.6 Å². The minimum absolute atomic E-state index is 0.105. The van der Waals surface area contributed by atoms with Gasteiger partial charge < -0.3 is 15.4 Å².